The van der Waals surface area contributed by atoms with Gasteiger partial charge >= 0.3 is 0 Å². The van der Waals surface area contributed by atoms with Crippen molar-refractivity contribution in [3.63, 3.8) is 0 Å². The fourth-order valence-electron chi connectivity index (χ4n) is 2.58. The molecule has 0 spiro atoms. The summed E-state index contributed by atoms with van der Waals surface area (Å²) in [6.45, 7) is 4.13. The fourth-order valence-corrected chi connectivity index (χ4v) is 2.58. The van der Waals surface area contributed by atoms with Crippen LogP contribution in [0.15, 0.2) is 72.9 Å². The number of hydrogen-bond acceptors (Lipinski definition) is 1. The number of allylic oxidation sites excluding steroid dienone is 1. The van der Waals surface area contributed by atoms with Gasteiger partial charge in [0, 0.05) is 23.7 Å². The minimum atomic E-state index is 0.0916. The van der Waals surface area contributed by atoms with Crippen molar-refractivity contribution in [1.82, 2.24) is 0 Å². The van der Waals surface area contributed by atoms with Gasteiger partial charge in [0.1, 0.15) is 0 Å². The summed E-state index contributed by atoms with van der Waals surface area (Å²) in [5.41, 5.74) is 2.91. The molecule has 0 aromatic heterocycles. The van der Waals surface area contributed by atoms with Crippen molar-refractivity contribution >= 4 is 11.6 Å². The lowest BCUT2D eigenvalue weighted by molar-refractivity contribution is -0.117. The van der Waals surface area contributed by atoms with E-state index in [1.165, 1.54) is 0 Å². The highest BCUT2D eigenvalue weighted by Crippen LogP contribution is 2.38. The molecule has 1 atom stereocenters. The van der Waals surface area contributed by atoms with Crippen LogP contribution in [0.5, 0.6) is 0 Å². The predicted molar refractivity (Wildman–Crippen MR) is 76.9 cm³/mol. The Bertz CT molecular complexity index is 604. The summed E-state index contributed by atoms with van der Waals surface area (Å²) in [4.78, 5) is 14.0. The molecule has 2 nitrogen and oxygen atoms in total. The standard InChI is InChI=1S/C17H15NO/c1-13-16(14-8-4-2-5-9-14)12-17(19)18(13)15-10-6-3-7-11-15/h2-11,16H,1,12H2. The molecule has 0 radical (unpaired) electrons. The highest BCUT2D eigenvalue weighted by atomic mass is 16.2. The first kappa shape index (κ1) is 11.7. The van der Waals surface area contributed by atoms with Crippen LogP contribution >= 0.6 is 0 Å². The quantitative estimate of drug-likeness (QED) is 0.794. The summed E-state index contributed by atoms with van der Waals surface area (Å²) in [7, 11) is 0. The number of amides is 1. The lowest BCUT2D eigenvalue weighted by Crippen LogP contribution is -2.21. The first-order chi connectivity index (χ1) is 9.27. The number of carbonyl (C=O) groups excluding carboxylic acids is 1. The van der Waals surface area contributed by atoms with Gasteiger partial charge in [-0.1, -0.05) is 55.1 Å². The van der Waals surface area contributed by atoms with Crippen molar-refractivity contribution in [2.45, 2.75) is 12.3 Å². The number of rotatable bonds is 2. The van der Waals surface area contributed by atoms with E-state index >= 15 is 0 Å². The Morgan fingerprint density at radius 2 is 1.53 bits per heavy atom. The van der Waals surface area contributed by atoms with Crippen LogP contribution in [-0.2, 0) is 4.79 Å². The van der Waals surface area contributed by atoms with E-state index in [2.05, 4.69) is 18.7 Å². The molecule has 0 aliphatic carbocycles. The molecule has 3 rings (SSSR count). The molecule has 1 fully saturated rings. The molecule has 2 heteroatoms. The number of benzene rings is 2. The van der Waals surface area contributed by atoms with E-state index in [4.69, 9.17) is 0 Å². The molecule has 0 N–H and O–H groups in total. The molecule has 94 valence electrons. The van der Waals surface area contributed by atoms with Crippen LogP contribution in [0.3, 0.4) is 0 Å². The second-order valence-corrected chi connectivity index (χ2v) is 4.72. The molecule has 2 aromatic rings. The maximum absolute atomic E-state index is 12.2. The maximum atomic E-state index is 12.2. The lowest BCUT2D eigenvalue weighted by Gasteiger charge is -2.19. The lowest BCUT2D eigenvalue weighted by atomic mass is 9.96. The van der Waals surface area contributed by atoms with Crippen molar-refractivity contribution in [3.05, 3.63) is 78.5 Å². The molecule has 1 saturated heterocycles. The van der Waals surface area contributed by atoms with Crippen molar-refractivity contribution in [3.8, 4) is 0 Å². The van der Waals surface area contributed by atoms with Gasteiger partial charge in [-0.05, 0) is 17.7 Å². The van der Waals surface area contributed by atoms with E-state index in [1.54, 1.807) is 4.90 Å². The van der Waals surface area contributed by atoms with Gasteiger partial charge < -0.3 is 0 Å². The van der Waals surface area contributed by atoms with Gasteiger partial charge in [0.15, 0.2) is 0 Å². The first-order valence-electron chi connectivity index (χ1n) is 6.39. The second kappa shape index (κ2) is 4.73. The fraction of sp³-hybridized carbons (Fsp3) is 0.118. The van der Waals surface area contributed by atoms with Crippen LogP contribution in [0, 0.1) is 0 Å². The van der Waals surface area contributed by atoms with E-state index in [1.807, 2.05) is 48.5 Å². The average molecular weight is 249 g/mol. The third-order valence-electron chi connectivity index (χ3n) is 3.53. The van der Waals surface area contributed by atoms with Crippen molar-refractivity contribution in [2.75, 3.05) is 4.90 Å². The normalized spacial score (nSPS) is 18.9. The molecule has 19 heavy (non-hydrogen) atoms. The number of hydrogen-bond donors (Lipinski definition) is 0. The summed E-state index contributed by atoms with van der Waals surface area (Å²) in [5, 5.41) is 0. The Hall–Kier alpha value is -2.35. The van der Waals surface area contributed by atoms with Crippen molar-refractivity contribution in [1.29, 1.82) is 0 Å². The van der Waals surface area contributed by atoms with E-state index in [-0.39, 0.29) is 11.8 Å². The van der Waals surface area contributed by atoms with Gasteiger partial charge in [-0.3, -0.25) is 9.69 Å². The average Bonchev–Trinajstić information content (AvgIpc) is 2.76. The zero-order chi connectivity index (χ0) is 13.2. The molecule has 1 aliphatic rings. The largest absolute Gasteiger partial charge is 0.285 e. The van der Waals surface area contributed by atoms with Gasteiger partial charge in [0.2, 0.25) is 5.91 Å². The van der Waals surface area contributed by atoms with Crippen LogP contribution in [0.25, 0.3) is 0 Å². The number of carbonyl (C=O) groups is 1. The van der Waals surface area contributed by atoms with E-state index in [0.717, 1.165) is 16.9 Å². The summed E-state index contributed by atoms with van der Waals surface area (Å²) in [5.74, 6) is 0.207. The van der Waals surface area contributed by atoms with Crippen molar-refractivity contribution < 1.29 is 4.79 Å². The van der Waals surface area contributed by atoms with Gasteiger partial charge in [-0.15, -0.1) is 0 Å². The van der Waals surface area contributed by atoms with Crippen LogP contribution in [0.2, 0.25) is 0 Å². The summed E-state index contributed by atoms with van der Waals surface area (Å²) in [6.07, 6.45) is 0.498. The van der Waals surface area contributed by atoms with Crippen LogP contribution in [0.1, 0.15) is 17.9 Å². The summed E-state index contributed by atoms with van der Waals surface area (Å²) in [6, 6.07) is 19.8. The number of nitrogens with zero attached hydrogens (tertiary/aromatic N) is 1. The molecule has 0 saturated carbocycles. The summed E-state index contributed by atoms with van der Waals surface area (Å²) >= 11 is 0. The van der Waals surface area contributed by atoms with E-state index < -0.39 is 0 Å². The molecular weight excluding hydrogens is 234 g/mol. The smallest absolute Gasteiger partial charge is 0.232 e. The predicted octanol–water partition coefficient (Wildman–Crippen LogP) is 3.72. The highest BCUT2D eigenvalue weighted by molar-refractivity contribution is 6.00. The van der Waals surface area contributed by atoms with Gasteiger partial charge in [-0.25, -0.2) is 0 Å². The Labute approximate surface area is 113 Å². The zero-order valence-electron chi connectivity index (χ0n) is 10.6. The molecule has 1 amide bonds. The molecule has 1 unspecified atom stereocenters. The van der Waals surface area contributed by atoms with Crippen LogP contribution < -0.4 is 4.90 Å². The number of anilines is 1. The number of para-hydroxylation sites is 1. The van der Waals surface area contributed by atoms with Gasteiger partial charge in [0.25, 0.3) is 0 Å². The van der Waals surface area contributed by atoms with E-state index in [9.17, 15) is 4.79 Å². The Morgan fingerprint density at radius 3 is 2.16 bits per heavy atom. The minimum Gasteiger partial charge on any atom is -0.285 e. The molecule has 0 bridgehead atoms. The topological polar surface area (TPSA) is 20.3 Å². The third-order valence-corrected chi connectivity index (χ3v) is 3.53. The van der Waals surface area contributed by atoms with Gasteiger partial charge in [-0.2, -0.15) is 0 Å². The van der Waals surface area contributed by atoms with Gasteiger partial charge in [0.05, 0.1) is 0 Å². The molecule has 2 aromatic carbocycles. The Kier molecular flexibility index (Phi) is 2.92. The Balaban J connectivity index is 1.94. The second-order valence-electron chi connectivity index (χ2n) is 4.72. The van der Waals surface area contributed by atoms with Crippen LogP contribution in [-0.4, -0.2) is 5.91 Å². The van der Waals surface area contributed by atoms with E-state index in [0.29, 0.717) is 6.42 Å². The minimum absolute atomic E-state index is 0.0916. The molecule has 1 aliphatic heterocycles. The SMILES string of the molecule is C=C1C(c2ccccc2)CC(=O)N1c1ccccc1. The highest BCUT2D eigenvalue weighted by Gasteiger charge is 2.35. The molecule has 1 heterocycles. The maximum Gasteiger partial charge on any atom is 0.232 e. The monoisotopic (exact) mass is 249 g/mol. The first-order valence-corrected chi connectivity index (χ1v) is 6.39. The summed E-state index contributed by atoms with van der Waals surface area (Å²) < 4.78 is 0. The van der Waals surface area contributed by atoms with Crippen LogP contribution in [0.4, 0.5) is 5.69 Å². The Morgan fingerprint density at radius 1 is 0.947 bits per heavy atom. The molecular formula is C17H15NO. The third kappa shape index (κ3) is 2.06. The zero-order valence-corrected chi connectivity index (χ0v) is 10.6. The van der Waals surface area contributed by atoms with Crippen molar-refractivity contribution in [2.24, 2.45) is 0 Å².